The number of carbonyl (C=O) groups excluding carboxylic acids is 1. The number of amides is 1. The molecule has 0 aromatic heterocycles. The molecule has 1 aromatic carbocycles. The van der Waals surface area contributed by atoms with Crippen molar-refractivity contribution in [2.75, 3.05) is 0 Å². The van der Waals surface area contributed by atoms with Gasteiger partial charge in [-0.3, -0.25) is 0 Å². The third-order valence-corrected chi connectivity index (χ3v) is 4.19. The number of rotatable bonds is 2. The molecule has 2 heterocycles. The Kier molecular flexibility index (Phi) is 3.34. The average molecular weight is 275 g/mol. The molecule has 2 saturated heterocycles. The summed E-state index contributed by atoms with van der Waals surface area (Å²) in [5, 5.41) is 9.18. The van der Waals surface area contributed by atoms with Crippen LogP contribution >= 0.6 is 0 Å². The van der Waals surface area contributed by atoms with E-state index in [1.165, 1.54) is 4.90 Å². The number of fused-ring (bicyclic) bond motifs is 2. The smallest absolute Gasteiger partial charge is 0.407 e. The quantitative estimate of drug-likeness (QED) is 0.842. The first-order valence-electron chi connectivity index (χ1n) is 6.92. The highest BCUT2D eigenvalue weighted by molar-refractivity contribution is 5.89. The molecular formula is C15H17NO4. The van der Waals surface area contributed by atoms with Crippen molar-refractivity contribution < 1.29 is 19.4 Å². The number of ether oxygens (including phenoxy) is 1. The monoisotopic (exact) mass is 275 g/mol. The summed E-state index contributed by atoms with van der Waals surface area (Å²) >= 11 is 0. The molecule has 2 fully saturated rings. The first-order chi connectivity index (χ1) is 9.65. The molecule has 5 heteroatoms. The van der Waals surface area contributed by atoms with Gasteiger partial charge in [0.15, 0.2) is 0 Å². The van der Waals surface area contributed by atoms with Crippen molar-refractivity contribution in [1.29, 1.82) is 0 Å². The Morgan fingerprint density at radius 2 is 1.70 bits per heavy atom. The van der Waals surface area contributed by atoms with Gasteiger partial charge in [0, 0.05) is 24.9 Å². The van der Waals surface area contributed by atoms with E-state index in [0.717, 1.165) is 12.8 Å². The number of hydrogen-bond acceptors (Lipinski definition) is 3. The highest BCUT2D eigenvalue weighted by Gasteiger charge is 2.44. The fraction of sp³-hybridized carbons (Fsp3) is 0.467. The lowest BCUT2D eigenvalue weighted by molar-refractivity contribution is -0.00208. The Bertz CT molecular complexity index is 502. The average Bonchev–Trinajstić information content (AvgIpc) is 2.72. The van der Waals surface area contributed by atoms with E-state index in [0.29, 0.717) is 18.4 Å². The molecule has 106 valence electrons. The maximum absolute atomic E-state index is 12.0. The Morgan fingerprint density at radius 1 is 1.10 bits per heavy atom. The molecule has 0 aliphatic carbocycles. The number of carboxylic acid groups (broad SMARTS) is 1. The summed E-state index contributed by atoms with van der Waals surface area (Å²) in [6.45, 7) is 0. The van der Waals surface area contributed by atoms with Crippen LogP contribution in [-0.4, -0.2) is 40.3 Å². The third kappa shape index (κ3) is 2.35. The van der Waals surface area contributed by atoms with E-state index in [1.54, 1.807) is 24.3 Å². The van der Waals surface area contributed by atoms with E-state index in [9.17, 15) is 14.7 Å². The summed E-state index contributed by atoms with van der Waals surface area (Å²) in [4.78, 5) is 24.7. The van der Waals surface area contributed by atoms with E-state index in [-0.39, 0.29) is 24.2 Å². The molecule has 0 saturated carbocycles. The Labute approximate surface area is 117 Å². The standard InChI is InChI=1S/C15H17NO4/c17-14(10-4-2-1-3-5-10)20-13-8-11-6-7-12(9-13)16(11)15(18)19/h1-5,11-13H,6-9H2,(H,18,19)/t11-,12+,13+. The number of esters is 1. The summed E-state index contributed by atoms with van der Waals surface area (Å²) in [7, 11) is 0. The molecule has 1 N–H and O–H groups in total. The first kappa shape index (κ1) is 13.0. The molecule has 5 nitrogen and oxygen atoms in total. The molecular weight excluding hydrogens is 258 g/mol. The highest BCUT2D eigenvalue weighted by atomic mass is 16.5. The molecule has 0 radical (unpaired) electrons. The van der Waals surface area contributed by atoms with Gasteiger partial charge in [-0.05, 0) is 25.0 Å². The van der Waals surface area contributed by atoms with Crippen LogP contribution in [0.25, 0.3) is 0 Å². The maximum atomic E-state index is 12.0. The molecule has 2 bridgehead atoms. The van der Waals surface area contributed by atoms with Crippen LogP contribution in [0, 0.1) is 0 Å². The second-order valence-corrected chi connectivity index (χ2v) is 5.44. The minimum atomic E-state index is -0.856. The zero-order valence-electron chi connectivity index (χ0n) is 11.1. The van der Waals surface area contributed by atoms with Gasteiger partial charge in [-0.1, -0.05) is 18.2 Å². The summed E-state index contributed by atoms with van der Waals surface area (Å²) in [6, 6.07) is 8.90. The molecule has 1 amide bonds. The molecule has 1 aromatic rings. The Hall–Kier alpha value is -2.04. The van der Waals surface area contributed by atoms with Crippen molar-refractivity contribution in [3.8, 4) is 0 Å². The highest BCUT2D eigenvalue weighted by Crippen LogP contribution is 2.37. The molecule has 2 aliphatic heterocycles. The SMILES string of the molecule is O=C(O[C@H]1C[C@H]2CC[C@@H](C1)N2C(=O)O)c1ccccc1. The predicted molar refractivity (Wildman–Crippen MR) is 71.6 cm³/mol. The van der Waals surface area contributed by atoms with Crippen molar-refractivity contribution in [1.82, 2.24) is 4.90 Å². The van der Waals surface area contributed by atoms with E-state index < -0.39 is 6.09 Å². The molecule has 2 aliphatic rings. The zero-order chi connectivity index (χ0) is 14.1. The summed E-state index contributed by atoms with van der Waals surface area (Å²) in [6.07, 6.45) is 1.94. The van der Waals surface area contributed by atoms with Crippen molar-refractivity contribution in [2.45, 2.75) is 43.9 Å². The van der Waals surface area contributed by atoms with E-state index in [1.807, 2.05) is 6.07 Å². The van der Waals surface area contributed by atoms with Crippen LogP contribution in [0.5, 0.6) is 0 Å². The second kappa shape index (κ2) is 5.15. The maximum Gasteiger partial charge on any atom is 0.407 e. The van der Waals surface area contributed by atoms with E-state index in [2.05, 4.69) is 0 Å². The van der Waals surface area contributed by atoms with Gasteiger partial charge in [0.1, 0.15) is 6.10 Å². The first-order valence-corrected chi connectivity index (χ1v) is 6.92. The van der Waals surface area contributed by atoms with Crippen LogP contribution in [0.2, 0.25) is 0 Å². The van der Waals surface area contributed by atoms with Crippen LogP contribution in [-0.2, 0) is 4.74 Å². The molecule has 3 rings (SSSR count). The van der Waals surface area contributed by atoms with Crippen molar-refractivity contribution in [3.63, 3.8) is 0 Å². The predicted octanol–water partition coefficient (Wildman–Crippen LogP) is 2.52. The van der Waals surface area contributed by atoms with E-state index in [4.69, 9.17) is 4.74 Å². The van der Waals surface area contributed by atoms with Crippen molar-refractivity contribution in [3.05, 3.63) is 35.9 Å². The number of carbonyl (C=O) groups is 2. The third-order valence-electron chi connectivity index (χ3n) is 4.19. The number of piperidine rings is 1. The fourth-order valence-corrected chi connectivity index (χ4v) is 3.33. The van der Waals surface area contributed by atoms with Gasteiger partial charge in [0.2, 0.25) is 0 Å². The lowest BCUT2D eigenvalue weighted by atomic mass is 10.00. The molecule has 3 atom stereocenters. The Morgan fingerprint density at radius 3 is 2.25 bits per heavy atom. The largest absolute Gasteiger partial charge is 0.465 e. The fourth-order valence-electron chi connectivity index (χ4n) is 3.33. The normalized spacial score (nSPS) is 28.2. The van der Waals surface area contributed by atoms with Crippen LogP contribution in [0.1, 0.15) is 36.0 Å². The zero-order valence-corrected chi connectivity index (χ0v) is 11.1. The number of benzene rings is 1. The van der Waals surface area contributed by atoms with Crippen molar-refractivity contribution in [2.24, 2.45) is 0 Å². The van der Waals surface area contributed by atoms with E-state index >= 15 is 0 Å². The van der Waals surface area contributed by atoms with Gasteiger partial charge in [-0.2, -0.15) is 0 Å². The van der Waals surface area contributed by atoms with Gasteiger partial charge in [-0.15, -0.1) is 0 Å². The minimum Gasteiger partial charge on any atom is -0.465 e. The topological polar surface area (TPSA) is 66.8 Å². The molecule has 0 spiro atoms. The van der Waals surface area contributed by atoms with Gasteiger partial charge in [-0.25, -0.2) is 9.59 Å². The molecule has 0 unspecified atom stereocenters. The Balaban J connectivity index is 1.64. The van der Waals surface area contributed by atoms with Crippen LogP contribution < -0.4 is 0 Å². The molecule has 20 heavy (non-hydrogen) atoms. The minimum absolute atomic E-state index is 0.000164. The van der Waals surface area contributed by atoms with Gasteiger partial charge < -0.3 is 14.7 Å². The number of hydrogen-bond donors (Lipinski definition) is 1. The van der Waals surface area contributed by atoms with Crippen LogP contribution in [0.3, 0.4) is 0 Å². The summed E-state index contributed by atoms with van der Waals surface area (Å²) in [5.74, 6) is -0.321. The van der Waals surface area contributed by atoms with Crippen molar-refractivity contribution >= 4 is 12.1 Å². The lowest BCUT2D eigenvalue weighted by Gasteiger charge is -2.36. The lowest BCUT2D eigenvalue weighted by Crippen LogP contribution is -2.48. The summed E-state index contributed by atoms with van der Waals surface area (Å²) < 4.78 is 5.53. The van der Waals surface area contributed by atoms with Gasteiger partial charge >= 0.3 is 12.1 Å². The second-order valence-electron chi connectivity index (χ2n) is 5.44. The van der Waals surface area contributed by atoms with Gasteiger partial charge in [0.25, 0.3) is 0 Å². The summed E-state index contributed by atoms with van der Waals surface area (Å²) in [5.41, 5.74) is 0.542. The van der Waals surface area contributed by atoms with Crippen LogP contribution in [0.4, 0.5) is 4.79 Å². The van der Waals surface area contributed by atoms with Gasteiger partial charge in [0.05, 0.1) is 5.56 Å². The van der Waals surface area contributed by atoms with Crippen LogP contribution in [0.15, 0.2) is 30.3 Å². The number of nitrogens with zero attached hydrogens (tertiary/aromatic N) is 1.